The Kier molecular flexibility index (Phi) is 4.99. The number of nitrogens with one attached hydrogen (secondary N) is 1. The van der Waals surface area contributed by atoms with Gasteiger partial charge in [-0.15, -0.1) is 0 Å². The zero-order valence-corrected chi connectivity index (χ0v) is 7.04. The second-order valence-electron chi connectivity index (χ2n) is 2.86. The van der Waals surface area contributed by atoms with Crippen LogP contribution >= 0.6 is 0 Å². The molecule has 4 nitrogen and oxygen atoms in total. The molecule has 0 aliphatic heterocycles. The SMILES string of the molecule is CC(C)CC(NC=O)C(=O)OF. The minimum absolute atomic E-state index is 0.182. The Labute approximate surface area is 70.0 Å². The highest BCUT2D eigenvalue weighted by molar-refractivity contribution is 5.77. The van der Waals surface area contributed by atoms with Gasteiger partial charge in [0.25, 0.3) is 0 Å². The van der Waals surface area contributed by atoms with Crippen LogP contribution in [0.1, 0.15) is 20.3 Å². The number of halogens is 1. The Morgan fingerprint density at radius 2 is 2.25 bits per heavy atom. The predicted octanol–water partition coefficient (Wildman–Crippen LogP) is 0.575. The first-order valence-electron chi connectivity index (χ1n) is 3.64. The van der Waals surface area contributed by atoms with Crippen LogP contribution in [0.3, 0.4) is 0 Å². The quantitative estimate of drug-likeness (QED) is 0.625. The van der Waals surface area contributed by atoms with Crippen LogP contribution in [0.4, 0.5) is 4.53 Å². The zero-order chi connectivity index (χ0) is 9.56. The summed E-state index contributed by atoms with van der Waals surface area (Å²) in [5.41, 5.74) is 0. The van der Waals surface area contributed by atoms with Gasteiger partial charge in [0.15, 0.2) is 0 Å². The molecule has 0 spiro atoms. The summed E-state index contributed by atoms with van der Waals surface area (Å²) < 4.78 is 11.4. The van der Waals surface area contributed by atoms with E-state index in [1.54, 1.807) is 0 Å². The maximum Gasteiger partial charge on any atom is 0.370 e. The van der Waals surface area contributed by atoms with Crippen LogP contribution in [0.2, 0.25) is 0 Å². The summed E-state index contributed by atoms with van der Waals surface area (Å²) in [6.45, 7) is 3.70. The van der Waals surface area contributed by atoms with E-state index >= 15 is 0 Å². The molecule has 0 bridgehead atoms. The van der Waals surface area contributed by atoms with E-state index in [9.17, 15) is 14.1 Å². The molecule has 0 aromatic carbocycles. The molecule has 0 rings (SSSR count). The average Bonchev–Trinajstić information content (AvgIpc) is 2.01. The molecule has 1 amide bonds. The van der Waals surface area contributed by atoms with Gasteiger partial charge in [-0.1, -0.05) is 13.8 Å². The van der Waals surface area contributed by atoms with Gasteiger partial charge in [0.1, 0.15) is 6.04 Å². The van der Waals surface area contributed by atoms with Crippen molar-refractivity contribution in [3.63, 3.8) is 0 Å². The molecule has 0 fully saturated rings. The van der Waals surface area contributed by atoms with Crippen molar-refractivity contribution < 1.29 is 19.1 Å². The Morgan fingerprint density at radius 1 is 1.67 bits per heavy atom. The van der Waals surface area contributed by atoms with E-state index in [-0.39, 0.29) is 5.92 Å². The number of hydrogen-bond acceptors (Lipinski definition) is 3. The molecule has 0 heterocycles. The van der Waals surface area contributed by atoms with Gasteiger partial charge in [0.2, 0.25) is 6.41 Å². The molecule has 0 saturated heterocycles. The summed E-state index contributed by atoms with van der Waals surface area (Å²) in [5.74, 6) is -0.877. The van der Waals surface area contributed by atoms with E-state index in [1.165, 1.54) is 0 Å². The lowest BCUT2D eigenvalue weighted by Crippen LogP contribution is -2.37. The highest BCUT2D eigenvalue weighted by Crippen LogP contribution is 2.05. The first kappa shape index (κ1) is 10.9. The van der Waals surface area contributed by atoms with Crippen molar-refractivity contribution in [1.29, 1.82) is 0 Å². The number of hydrogen-bond donors (Lipinski definition) is 1. The summed E-state index contributed by atoms with van der Waals surface area (Å²) in [5, 5.41) is 2.17. The highest BCUT2D eigenvalue weighted by Gasteiger charge is 2.20. The number of carbonyl (C=O) groups is 2. The van der Waals surface area contributed by atoms with Gasteiger partial charge in [-0.3, -0.25) is 9.74 Å². The van der Waals surface area contributed by atoms with Gasteiger partial charge in [0.05, 0.1) is 0 Å². The fourth-order valence-corrected chi connectivity index (χ4v) is 0.840. The van der Waals surface area contributed by atoms with E-state index in [4.69, 9.17) is 0 Å². The third-order valence-corrected chi connectivity index (χ3v) is 1.34. The van der Waals surface area contributed by atoms with Crippen molar-refractivity contribution in [3.05, 3.63) is 0 Å². The van der Waals surface area contributed by atoms with Crippen molar-refractivity contribution in [2.24, 2.45) is 5.92 Å². The first-order valence-corrected chi connectivity index (χ1v) is 3.64. The monoisotopic (exact) mass is 177 g/mol. The van der Waals surface area contributed by atoms with Crippen molar-refractivity contribution in [2.75, 3.05) is 0 Å². The van der Waals surface area contributed by atoms with Gasteiger partial charge in [-0.2, -0.15) is 0 Å². The van der Waals surface area contributed by atoms with Crippen molar-refractivity contribution in [1.82, 2.24) is 5.32 Å². The highest BCUT2D eigenvalue weighted by atomic mass is 19.3. The molecular formula is C7H12FNO3. The third-order valence-electron chi connectivity index (χ3n) is 1.34. The number of carbonyl (C=O) groups excluding carboxylic acids is 2. The van der Waals surface area contributed by atoms with E-state index in [0.29, 0.717) is 12.8 Å². The normalized spacial score (nSPS) is 12.3. The second-order valence-corrected chi connectivity index (χ2v) is 2.86. The molecule has 0 radical (unpaired) electrons. The molecule has 1 unspecified atom stereocenters. The Hall–Kier alpha value is -1.13. The van der Waals surface area contributed by atoms with Crippen LogP contribution in [-0.4, -0.2) is 18.4 Å². The number of amides is 1. The fourth-order valence-electron chi connectivity index (χ4n) is 0.840. The smallest absolute Gasteiger partial charge is 0.345 e. The predicted molar refractivity (Wildman–Crippen MR) is 39.6 cm³/mol. The van der Waals surface area contributed by atoms with Crippen molar-refractivity contribution >= 4 is 12.4 Å². The topological polar surface area (TPSA) is 55.4 Å². The molecule has 5 heteroatoms. The van der Waals surface area contributed by atoms with Gasteiger partial charge in [-0.05, 0) is 12.3 Å². The summed E-state index contributed by atoms with van der Waals surface area (Å²) in [6, 6.07) is -0.882. The molecular weight excluding hydrogens is 165 g/mol. The summed E-state index contributed by atoms with van der Waals surface area (Å²) in [7, 11) is 0. The van der Waals surface area contributed by atoms with Gasteiger partial charge >= 0.3 is 5.97 Å². The van der Waals surface area contributed by atoms with Crippen LogP contribution < -0.4 is 5.32 Å². The van der Waals surface area contributed by atoms with E-state index in [2.05, 4.69) is 10.3 Å². The molecule has 0 aliphatic rings. The summed E-state index contributed by atoms with van der Waals surface area (Å²) >= 11 is 0. The fraction of sp³-hybridized carbons (Fsp3) is 0.714. The summed E-state index contributed by atoms with van der Waals surface area (Å²) in [4.78, 5) is 23.6. The van der Waals surface area contributed by atoms with Gasteiger partial charge in [0, 0.05) is 4.53 Å². The maximum atomic E-state index is 11.4. The minimum Gasteiger partial charge on any atom is -0.345 e. The minimum atomic E-state index is -1.06. The van der Waals surface area contributed by atoms with Crippen LogP contribution in [0.25, 0.3) is 0 Å². The standard InChI is InChI=1S/C7H12FNO3/c1-5(2)3-6(9-4-10)7(11)12-8/h4-6H,3H2,1-2H3,(H,9,10). The Balaban J connectivity index is 4.02. The van der Waals surface area contributed by atoms with Gasteiger partial charge in [-0.25, -0.2) is 4.79 Å². The second kappa shape index (κ2) is 5.51. The third kappa shape index (κ3) is 3.90. The van der Waals surface area contributed by atoms with Crippen LogP contribution in [-0.2, 0) is 14.5 Å². The molecule has 1 atom stereocenters. The molecule has 0 aromatic rings. The molecule has 0 saturated carbocycles. The summed E-state index contributed by atoms with van der Waals surface area (Å²) in [6.07, 6.45) is 0.714. The lowest BCUT2D eigenvalue weighted by Gasteiger charge is -2.13. The van der Waals surface area contributed by atoms with E-state index < -0.39 is 12.0 Å². The molecule has 0 aromatic heterocycles. The van der Waals surface area contributed by atoms with E-state index in [0.717, 1.165) is 0 Å². The van der Waals surface area contributed by atoms with Crippen LogP contribution in [0.15, 0.2) is 0 Å². The van der Waals surface area contributed by atoms with Gasteiger partial charge < -0.3 is 5.32 Å². The molecule has 70 valence electrons. The lowest BCUT2D eigenvalue weighted by atomic mass is 10.0. The molecule has 0 aliphatic carbocycles. The van der Waals surface area contributed by atoms with Crippen molar-refractivity contribution in [3.8, 4) is 0 Å². The van der Waals surface area contributed by atoms with Crippen LogP contribution in [0, 0.1) is 5.92 Å². The van der Waals surface area contributed by atoms with Crippen LogP contribution in [0.5, 0.6) is 0 Å². The molecule has 1 N–H and O–H groups in total. The average molecular weight is 177 g/mol. The lowest BCUT2D eigenvalue weighted by molar-refractivity contribution is -0.186. The van der Waals surface area contributed by atoms with E-state index in [1.807, 2.05) is 13.8 Å². The Bertz CT molecular complexity index is 161. The largest absolute Gasteiger partial charge is 0.370 e. The molecule has 12 heavy (non-hydrogen) atoms. The zero-order valence-electron chi connectivity index (χ0n) is 7.04. The van der Waals surface area contributed by atoms with Crippen molar-refractivity contribution in [2.45, 2.75) is 26.3 Å². The first-order chi connectivity index (χ1) is 5.61. The maximum absolute atomic E-state index is 11.4. The number of rotatable bonds is 5. The Morgan fingerprint density at radius 3 is 2.58 bits per heavy atom.